The molecule has 1 amide bonds. The molecule has 6 nitrogen and oxygen atoms in total. The summed E-state index contributed by atoms with van der Waals surface area (Å²) in [6, 6.07) is 13.8. The van der Waals surface area contributed by atoms with Crippen molar-refractivity contribution >= 4 is 11.8 Å². The topological polar surface area (TPSA) is 88.0 Å². The number of phenolic OH excluding ortho intramolecular Hbond substituents is 1. The smallest absolute Gasteiger partial charge is 0.412 e. The Kier molecular flexibility index (Phi) is 6.65. The number of phenols is 1. The van der Waals surface area contributed by atoms with Crippen LogP contribution in [0.25, 0.3) is 0 Å². The normalized spacial score (nSPS) is 12.9. The first-order valence-corrected chi connectivity index (χ1v) is 8.05. The van der Waals surface area contributed by atoms with Gasteiger partial charge in [0.1, 0.15) is 6.10 Å². The van der Waals surface area contributed by atoms with Crippen LogP contribution in [0.3, 0.4) is 0 Å². The lowest BCUT2D eigenvalue weighted by Crippen LogP contribution is -2.22. The molecule has 0 aromatic heterocycles. The molecule has 0 spiro atoms. The van der Waals surface area contributed by atoms with Crippen LogP contribution in [0.1, 0.15) is 25.0 Å². The Bertz CT molecular complexity index is 689. The number of nitrogens with one attached hydrogen (secondary N) is 1. The minimum atomic E-state index is -0.618. The average molecular weight is 345 g/mol. The molecular formula is C19H23NO5. The van der Waals surface area contributed by atoms with E-state index in [2.05, 4.69) is 5.32 Å². The van der Waals surface area contributed by atoms with E-state index < -0.39 is 12.2 Å². The van der Waals surface area contributed by atoms with E-state index in [0.29, 0.717) is 23.4 Å². The highest BCUT2D eigenvalue weighted by atomic mass is 16.6. The van der Waals surface area contributed by atoms with Crippen LogP contribution in [0.5, 0.6) is 11.5 Å². The Morgan fingerprint density at radius 1 is 1.20 bits per heavy atom. The van der Waals surface area contributed by atoms with Crippen molar-refractivity contribution < 1.29 is 24.5 Å². The van der Waals surface area contributed by atoms with Crippen LogP contribution in [0, 0.1) is 5.92 Å². The van der Waals surface area contributed by atoms with Crippen molar-refractivity contribution in [3.05, 3.63) is 54.1 Å². The third-order valence-electron chi connectivity index (χ3n) is 3.89. The molecule has 0 heterocycles. The highest BCUT2D eigenvalue weighted by Gasteiger charge is 2.24. The van der Waals surface area contributed by atoms with Gasteiger partial charge in [-0.15, -0.1) is 0 Å². The zero-order valence-corrected chi connectivity index (χ0v) is 14.3. The number of carbonyl (C=O) groups excluding carboxylic acids is 1. The number of aromatic hydroxyl groups is 1. The van der Waals surface area contributed by atoms with Crippen LogP contribution in [-0.2, 0) is 4.74 Å². The maximum atomic E-state index is 12.2. The molecule has 2 aromatic rings. The van der Waals surface area contributed by atoms with Gasteiger partial charge in [-0.25, -0.2) is 4.79 Å². The molecule has 0 saturated heterocycles. The minimum absolute atomic E-state index is 0.0243. The summed E-state index contributed by atoms with van der Waals surface area (Å²) in [6.45, 7) is 1.85. The predicted molar refractivity (Wildman–Crippen MR) is 94.8 cm³/mol. The number of aliphatic hydroxyl groups is 1. The molecule has 3 N–H and O–H groups in total. The summed E-state index contributed by atoms with van der Waals surface area (Å²) in [5.74, 6) is 0.165. The Hall–Kier alpha value is -2.73. The molecule has 0 bridgehead atoms. The van der Waals surface area contributed by atoms with Gasteiger partial charge in [0.2, 0.25) is 0 Å². The fraction of sp³-hybridized carbons (Fsp3) is 0.316. The van der Waals surface area contributed by atoms with Gasteiger partial charge in [0.05, 0.1) is 7.11 Å². The van der Waals surface area contributed by atoms with Crippen molar-refractivity contribution in [2.24, 2.45) is 5.92 Å². The maximum absolute atomic E-state index is 12.2. The van der Waals surface area contributed by atoms with E-state index in [1.54, 1.807) is 24.3 Å². The Morgan fingerprint density at radius 2 is 1.92 bits per heavy atom. The number of amides is 1. The molecule has 2 atom stereocenters. The molecule has 0 unspecified atom stereocenters. The van der Waals surface area contributed by atoms with Crippen LogP contribution in [-0.4, -0.2) is 30.0 Å². The number of hydrogen-bond acceptors (Lipinski definition) is 5. The number of benzene rings is 2. The lowest BCUT2D eigenvalue weighted by molar-refractivity contribution is 0.0666. The summed E-state index contributed by atoms with van der Waals surface area (Å²) in [5, 5.41) is 21.9. The zero-order valence-electron chi connectivity index (χ0n) is 14.3. The van der Waals surface area contributed by atoms with E-state index >= 15 is 0 Å². The number of rotatable bonds is 7. The molecule has 0 radical (unpaired) electrons. The lowest BCUT2D eigenvalue weighted by Gasteiger charge is -2.24. The third kappa shape index (κ3) is 5.12. The molecule has 0 aliphatic heterocycles. The summed E-state index contributed by atoms with van der Waals surface area (Å²) in [6.07, 6.45) is -0.764. The SMILES string of the molecule is COc1ccc([C@@H](OC(=O)Nc2ccccc2)[C@H](C)CCO)cc1O. The van der Waals surface area contributed by atoms with E-state index in [1.165, 1.54) is 13.2 Å². The molecule has 25 heavy (non-hydrogen) atoms. The molecule has 0 fully saturated rings. The molecule has 6 heteroatoms. The Morgan fingerprint density at radius 3 is 2.52 bits per heavy atom. The fourth-order valence-electron chi connectivity index (χ4n) is 2.54. The third-order valence-corrected chi connectivity index (χ3v) is 3.89. The maximum Gasteiger partial charge on any atom is 0.412 e. The van der Waals surface area contributed by atoms with Crippen molar-refractivity contribution in [3.63, 3.8) is 0 Å². The van der Waals surface area contributed by atoms with Gasteiger partial charge in [-0.3, -0.25) is 5.32 Å². The number of anilines is 1. The van der Waals surface area contributed by atoms with Crippen LogP contribution in [0.4, 0.5) is 10.5 Å². The van der Waals surface area contributed by atoms with E-state index in [-0.39, 0.29) is 18.3 Å². The summed E-state index contributed by atoms with van der Waals surface area (Å²) < 4.78 is 10.6. The summed E-state index contributed by atoms with van der Waals surface area (Å²) >= 11 is 0. The van der Waals surface area contributed by atoms with Crippen molar-refractivity contribution in [3.8, 4) is 11.5 Å². The average Bonchev–Trinajstić information content (AvgIpc) is 2.60. The molecule has 2 rings (SSSR count). The fourth-order valence-corrected chi connectivity index (χ4v) is 2.54. The first-order valence-electron chi connectivity index (χ1n) is 8.05. The summed E-state index contributed by atoms with van der Waals surface area (Å²) in [5.41, 5.74) is 1.25. The number of hydrogen-bond donors (Lipinski definition) is 3. The number of methoxy groups -OCH3 is 1. The highest BCUT2D eigenvalue weighted by Crippen LogP contribution is 2.34. The van der Waals surface area contributed by atoms with Gasteiger partial charge < -0.3 is 19.7 Å². The molecular weight excluding hydrogens is 322 g/mol. The zero-order chi connectivity index (χ0) is 18.2. The van der Waals surface area contributed by atoms with Gasteiger partial charge in [-0.2, -0.15) is 0 Å². The van der Waals surface area contributed by atoms with Gasteiger partial charge in [-0.05, 0) is 42.2 Å². The van der Waals surface area contributed by atoms with Crippen LogP contribution in [0.2, 0.25) is 0 Å². The summed E-state index contributed by atoms with van der Waals surface area (Å²) in [4.78, 5) is 12.2. The Labute approximate surface area is 147 Å². The second kappa shape index (κ2) is 8.94. The van der Waals surface area contributed by atoms with E-state index in [0.717, 1.165) is 0 Å². The standard InChI is InChI=1S/C19H23NO5/c1-13(10-11-21)18(14-8-9-17(24-2)16(22)12-14)25-19(23)20-15-6-4-3-5-7-15/h3-9,12-13,18,21-22H,10-11H2,1-2H3,(H,20,23)/t13-,18+/m1/s1. The first-order chi connectivity index (χ1) is 12.0. The van der Waals surface area contributed by atoms with E-state index in [4.69, 9.17) is 9.47 Å². The van der Waals surface area contributed by atoms with Crippen LogP contribution >= 0.6 is 0 Å². The van der Waals surface area contributed by atoms with Crippen molar-refractivity contribution in [1.29, 1.82) is 0 Å². The largest absolute Gasteiger partial charge is 0.504 e. The number of aliphatic hydroxyl groups excluding tert-OH is 1. The Balaban J connectivity index is 2.18. The molecule has 0 aliphatic carbocycles. The van der Waals surface area contributed by atoms with Gasteiger partial charge in [0, 0.05) is 12.3 Å². The summed E-state index contributed by atoms with van der Waals surface area (Å²) in [7, 11) is 1.46. The van der Waals surface area contributed by atoms with Crippen molar-refractivity contribution in [1.82, 2.24) is 0 Å². The second-order valence-electron chi connectivity index (χ2n) is 5.74. The van der Waals surface area contributed by atoms with Gasteiger partial charge in [0.25, 0.3) is 0 Å². The molecule has 2 aromatic carbocycles. The first kappa shape index (κ1) is 18.6. The van der Waals surface area contributed by atoms with Gasteiger partial charge >= 0.3 is 6.09 Å². The van der Waals surface area contributed by atoms with Gasteiger partial charge in [-0.1, -0.05) is 31.2 Å². The number of para-hydroxylation sites is 1. The quantitative estimate of drug-likeness (QED) is 0.712. The van der Waals surface area contributed by atoms with Crippen LogP contribution < -0.4 is 10.1 Å². The minimum Gasteiger partial charge on any atom is -0.504 e. The van der Waals surface area contributed by atoms with Crippen molar-refractivity contribution in [2.45, 2.75) is 19.4 Å². The van der Waals surface area contributed by atoms with E-state index in [1.807, 2.05) is 25.1 Å². The van der Waals surface area contributed by atoms with Crippen molar-refractivity contribution in [2.75, 3.05) is 19.0 Å². The monoisotopic (exact) mass is 345 g/mol. The molecule has 134 valence electrons. The second-order valence-corrected chi connectivity index (χ2v) is 5.74. The lowest BCUT2D eigenvalue weighted by atomic mass is 9.94. The number of ether oxygens (including phenoxy) is 2. The predicted octanol–water partition coefficient (Wildman–Crippen LogP) is 3.71. The van der Waals surface area contributed by atoms with Gasteiger partial charge in [0.15, 0.2) is 11.5 Å². The molecule has 0 saturated carbocycles. The highest BCUT2D eigenvalue weighted by molar-refractivity contribution is 5.84. The number of carbonyl (C=O) groups is 1. The van der Waals surface area contributed by atoms with E-state index in [9.17, 15) is 15.0 Å². The van der Waals surface area contributed by atoms with Crippen LogP contribution in [0.15, 0.2) is 48.5 Å². The molecule has 0 aliphatic rings.